The van der Waals surface area contributed by atoms with Gasteiger partial charge in [-0.15, -0.1) is 12.1 Å². The molecule has 0 spiro atoms. The van der Waals surface area contributed by atoms with Crippen molar-refractivity contribution in [2.75, 3.05) is 0 Å². The summed E-state index contributed by atoms with van der Waals surface area (Å²) in [4.78, 5) is 14.9. The second-order valence-corrected chi connectivity index (χ2v) is 7.78. The molecule has 3 aromatic rings. The molecule has 0 saturated heterocycles. The first-order valence-corrected chi connectivity index (χ1v) is 9.85. The molecule has 7 nitrogen and oxygen atoms in total. The maximum atomic E-state index is 11.8. The molecule has 3 N–H and O–H groups in total. The molecule has 0 aromatic carbocycles. The summed E-state index contributed by atoms with van der Waals surface area (Å²) >= 11 is 0. The largest absolute Gasteiger partial charge is 0.427 e. The van der Waals surface area contributed by atoms with Crippen LogP contribution in [0.15, 0.2) is 41.3 Å². The average Bonchev–Trinajstić information content (AvgIpc) is 3.38. The molecule has 8 bridgehead atoms. The molecule has 2 aliphatic heterocycles. The van der Waals surface area contributed by atoms with Crippen molar-refractivity contribution >= 4 is 56.5 Å². The van der Waals surface area contributed by atoms with E-state index in [1.807, 2.05) is 42.5 Å². The molecule has 0 aliphatic carbocycles. The summed E-state index contributed by atoms with van der Waals surface area (Å²) in [6, 6.07) is 13.5. The standard InChI is InChI=1S/C20H13N4O3S.Fe/c25-28(26,27)20-11-18-9-16-4-3-14(22-16)7-12-1-2-13(21-12)8-15-5-6-17(23-15)10-19(20)24-18;/h1-10,22,24H,(H,25,26,27);/q-1;. The minimum Gasteiger partial charge on any atom is -0.427 e. The Hall–Kier alpha value is -2.97. The van der Waals surface area contributed by atoms with Gasteiger partial charge in [0.2, 0.25) is 0 Å². The molecule has 0 radical (unpaired) electrons. The zero-order valence-corrected chi connectivity index (χ0v) is 16.6. The Morgan fingerprint density at radius 3 is 1.97 bits per heavy atom. The van der Waals surface area contributed by atoms with Gasteiger partial charge in [-0.05, 0) is 59.6 Å². The van der Waals surface area contributed by atoms with Crippen molar-refractivity contribution < 1.29 is 30.0 Å². The molecular weight excluding hydrogens is 432 g/mol. The summed E-state index contributed by atoms with van der Waals surface area (Å²) in [5.74, 6) is 0. The fraction of sp³-hybridized carbons (Fsp3) is 0. The first kappa shape index (κ1) is 19.4. The monoisotopic (exact) mass is 445 g/mol. The van der Waals surface area contributed by atoms with Crippen LogP contribution in [0.3, 0.4) is 0 Å². The fourth-order valence-electron chi connectivity index (χ4n) is 3.12. The molecule has 3 aromatic heterocycles. The third-order valence-electron chi connectivity index (χ3n) is 4.31. The Labute approximate surface area is 176 Å². The van der Waals surface area contributed by atoms with Crippen LogP contribution in [0.25, 0.3) is 46.4 Å². The van der Waals surface area contributed by atoms with E-state index >= 15 is 0 Å². The zero-order valence-electron chi connectivity index (χ0n) is 14.7. The SMILES string of the molecule is O=S(=O)(O)c1[c-]c2cc3ccc(cc4nc(cc5nc(cc1[nH]2)C=C5)C=C4)[nH]3.[Fe]. The van der Waals surface area contributed by atoms with Crippen LogP contribution in [0.5, 0.6) is 0 Å². The van der Waals surface area contributed by atoms with E-state index in [0.29, 0.717) is 16.9 Å². The van der Waals surface area contributed by atoms with Crippen molar-refractivity contribution in [2.45, 2.75) is 4.90 Å². The Morgan fingerprint density at radius 1 is 0.793 bits per heavy atom. The molecule has 0 amide bonds. The third-order valence-corrected chi connectivity index (χ3v) is 5.15. The van der Waals surface area contributed by atoms with E-state index in [-0.39, 0.29) is 27.5 Å². The number of aromatic amines is 2. The molecular formula is C20H13FeN4O3S-. The van der Waals surface area contributed by atoms with Crippen LogP contribution in [-0.2, 0) is 27.2 Å². The van der Waals surface area contributed by atoms with E-state index in [2.05, 4.69) is 26.0 Å². The number of nitrogens with zero attached hydrogens (tertiary/aromatic N) is 2. The predicted octanol–water partition coefficient (Wildman–Crippen LogP) is 3.70. The van der Waals surface area contributed by atoms with Gasteiger partial charge in [-0.3, -0.25) is 9.54 Å². The maximum Gasteiger partial charge on any atom is 0.273 e. The summed E-state index contributed by atoms with van der Waals surface area (Å²) < 4.78 is 33.1. The molecule has 5 heterocycles. The number of hydrogen-bond donors (Lipinski definition) is 3. The summed E-state index contributed by atoms with van der Waals surface area (Å²) in [7, 11) is -4.45. The van der Waals surface area contributed by atoms with Crippen molar-refractivity contribution in [1.82, 2.24) is 19.9 Å². The fourth-order valence-corrected chi connectivity index (χ4v) is 3.75. The van der Waals surface area contributed by atoms with E-state index in [4.69, 9.17) is 0 Å². The van der Waals surface area contributed by atoms with Crippen LogP contribution in [-0.4, -0.2) is 32.9 Å². The van der Waals surface area contributed by atoms with Crippen molar-refractivity contribution in [1.29, 1.82) is 0 Å². The van der Waals surface area contributed by atoms with Crippen LogP contribution in [0, 0.1) is 6.07 Å². The first-order chi connectivity index (χ1) is 13.4. The van der Waals surface area contributed by atoms with E-state index in [0.717, 1.165) is 22.4 Å². The Balaban J connectivity index is 0.00000205. The number of H-pyrrole nitrogens is 2. The molecule has 2 aliphatic rings. The van der Waals surface area contributed by atoms with Gasteiger partial charge in [0, 0.05) is 27.5 Å². The molecule has 0 saturated carbocycles. The Morgan fingerprint density at radius 2 is 1.34 bits per heavy atom. The Kier molecular flexibility index (Phi) is 4.76. The van der Waals surface area contributed by atoms with Crippen molar-refractivity contribution in [3.63, 3.8) is 0 Å². The summed E-state index contributed by atoms with van der Waals surface area (Å²) in [5, 5.41) is 0. The predicted molar refractivity (Wildman–Crippen MR) is 108 cm³/mol. The van der Waals surface area contributed by atoms with Crippen LogP contribution < -0.4 is 0 Å². The molecule has 5 rings (SSSR count). The van der Waals surface area contributed by atoms with Gasteiger partial charge in [-0.2, -0.15) is 8.42 Å². The van der Waals surface area contributed by atoms with Crippen LogP contribution in [0.4, 0.5) is 0 Å². The quantitative estimate of drug-likeness (QED) is 0.207. The molecule has 0 unspecified atom stereocenters. The third kappa shape index (κ3) is 3.94. The topological polar surface area (TPSA) is 112 Å². The molecule has 146 valence electrons. The van der Waals surface area contributed by atoms with Gasteiger partial charge in [-0.1, -0.05) is 11.6 Å². The second kappa shape index (κ2) is 7.13. The molecule has 29 heavy (non-hydrogen) atoms. The van der Waals surface area contributed by atoms with Crippen molar-refractivity contribution in [2.24, 2.45) is 0 Å². The first-order valence-electron chi connectivity index (χ1n) is 8.41. The van der Waals surface area contributed by atoms with Gasteiger partial charge in [0.15, 0.2) is 0 Å². The smallest absolute Gasteiger partial charge is 0.273 e. The van der Waals surface area contributed by atoms with Gasteiger partial charge in [-0.25, -0.2) is 4.98 Å². The number of rotatable bonds is 1. The van der Waals surface area contributed by atoms with E-state index in [1.54, 1.807) is 18.2 Å². The normalized spacial score (nSPS) is 12.7. The number of aromatic nitrogens is 4. The van der Waals surface area contributed by atoms with E-state index in [9.17, 15) is 13.0 Å². The van der Waals surface area contributed by atoms with Gasteiger partial charge in [0.05, 0.1) is 22.8 Å². The summed E-state index contributed by atoms with van der Waals surface area (Å²) in [6.45, 7) is 0. The van der Waals surface area contributed by atoms with E-state index in [1.165, 1.54) is 0 Å². The number of nitrogens with one attached hydrogen (secondary N) is 2. The van der Waals surface area contributed by atoms with Gasteiger partial charge < -0.3 is 9.97 Å². The second-order valence-electron chi connectivity index (χ2n) is 6.42. The van der Waals surface area contributed by atoms with Crippen LogP contribution in [0.2, 0.25) is 0 Å². The summed E-state index contributed by atoms with van der Waals surface area (Å²) in [6.07, 6.45) is 7.40. The number of hydrogen-bond acceptors (Lipinski definition) is 4. The van der Waals surface area contributed by atoms with Crippen LogP contribution in [0.1, 0.15) is 22.8 Å². The molecule has 0 fully saturated rings. The molecule has 0 atom stereocenters. The van der Waals surface area contributed by atoms with Crippen molar-refractivity contribution in [3.05, 3.63) is 65.2 Å². The summed E-state index contributed by atoms with van der Waals surface area (Å²) in [5.41, 5.74) is 5.04. The van der Waals surface area contributed by atoms with Crippen LogP contribution >= 0.6 is 0 Å². The van der Waals surface area contributed by atoms with Gasteiger partial charge in [0.1, 0.15) is 0 Å². The minimum atomic E-state index is -4.45. The maximum absolute atomic E-state index is 11.8. The Bertz CT molecular complexity index is 1450. The van der Waals surface area contributed by atoms with Gasteiger partial charge >= 0.3 is 0 Å². The average molecular weight is 445 g/mol. The van der Waals surface area contributed by atoms with Gasteiger partial charge in [0.25, 0.3) is 10.1 Å². The minimum absolute atomic E-state index is 0. The van der Waals surface area contributed by atoms with E-state index < -0.39 is 10.1 Å². The number of fused-ring (bicyclic) bond motifs is 8. The van der Waals surface area contributed by atoms with Crippen molar-refractivity contribution in [3.8, 4) is 0 Å². The molecule has 9 heteroatoms. The zero-order chi connectivity index (χ0) is 19.3.